The fraction of sp³-hybridized carbons (Fsp3) is 0.500. The predicted molar refractivity (Wildman–Crippen MR) is 153 cm³/mol. The molecule has 0 radical (unpaired) electrons. The van der Waals surface area contributed by atoms with Crippen LogP contribution in [0.15, 0.2) is 36.4 Å². The summed E-state index contributed by atoms with van der Waals surface area (Å²) in [6.07, 6.45) is 7.39. The van der Waals surface area contributed by atoms with Crippen LogP contribution in [-0.2, 0) is 25.7 Å². The zero-order valence-corrected chi connectivity index (χ0v) is 24.4. The predicted octanol–water partition coefficient (Wildman–Crippen LogP) is 7.21. The molecule has 0 aliphatic carbocycles. The number of esters is 4. The molecule has 9 nitrogen and oxygen atoms in total. The average Bonchev–Trinajstić information content (AvgIpc) is 2.93. The molecule has 0 unspecified atom stereocenters. The molecule has 0 atom stereocenters. The molecule has 0 aliphatic rings. The number of phenols is 1. The first-order valence-corrected chi connectivity index (χ1v) is 14.5. The number of hydrogen-bond acceptors (Lipinski definition) is 9. The molecule has 0 aliphatic heterocycles. The summed E-state index contributed by atoms with van der Waals surface area (Å²) in [5, 5.41) is 9.68. The molecule has 224 valence electrons. The van der Waals surface area contributed by atoms with Crippen molar-refractivity contribution >= 4 is 23.9 Å². The van der Waals surface area contributed by atoms with Crippen molar-refractivity contribution in [2.45, 2.75) is 104 Å². The molecule has 2 aromatic carbocycles. The van der Waals surface area contributed by atoms with Crippen LogP contribution in [0.4, 0.5) is 0 Å². The maximum absolute atomic E-state index is 13.0. The Morgan fingerprint density at radius 2 is 1.15 bits per heavy atom. The van der Waals surface area contributed by atoms with Crippen LogP contribution in [0, 0.1) is 0 Å². The molecule has 9 heteroatoms. The first-order chi connectivity index (χ1) is 19.8. The SMILES string of the molecule is CCCCCC(=O)Oc1cc(C(=O)OCc2cccc(O)c2)cc(OC(=O)CCCCC)c1OC(=O)CCCCC. The minimum atomic E-state index is -0.791. The van der Waals surface area contributed by atoms with Gasteiger partial charge in [-0.3, -0.25) is 14.4 Å². The molecule has 41 heavy (non-hydrogen) atoms. The fourth-order valence-electron chi connectivity index (χ4n) is 3.90. The van der Waals surface area contributed by atoms with Gasteiger partial charge in [-0.1, -0.05) is 71.4 Å². The van der Waals surface area contributed by atoms with E-state index >= 15 is 0 Å². The van der Waals surface area contributed by atoms with Gasteiger partial charge in [0.15, 0.2) is 11.5 Å². The Morgan fingerprint density at radius 1 is 0.659 bits per heavy atom. The molecule has 1 N–H and O–H groups in total. The second kappa shape index (κ2) is 18.5. The summed E-state index contributed by atoms with van der Waals surface area (Å²) in [6.45, 7) is 5.89. The maximum Gasteiger partial charge on any atom is 0.338 e. The van der Waals surface area contributed by atoms with Crippen LogP contribution in [-0.4, -0.2) is 29.0 Å². The number of benzene rings is 2. The molecule has 0 spiro atoms. The van der Waals surface area contributed by atoms with Gasteiger partial charge < -0.3 is 24.1 Å². The number of aromatic hydroxyl groups is 1. The lowest BCUT2D eigenvalue weighted by Gasteiger charge is -2.16. The van der Waals surface area contributed by atoms with Crippen LogP contribution in [0.5, 0.6) is 23.0 Å². The summed E-state index contributed by atoms with van der Waals surface area (Å²) in [4.78, 5) is 51.0. The molecule has 2 aromatic rings. The lowest BCUT2D eigenvalue weighted by molar-refractivity contribution is -0.138. The highest BCUT2D eigenvalue weighted by molar-refractivity contribution is 5.92. The summed E-state index contributed by atoms with van der Waals surface area (Å²) in [5.41, 5.74) is 0.491. The van der Waals surface area contributed by atoms with Crippen molar-refractivity contribution in [3.05, 3.63) is 47.5 Å². The number of carbonyl (C=O) groups is 4. The van der Waals surface area contributed by atoms with Crippen molar-refractivity contribution < 1.29 is 43.2 Å². The summed E-state index contributed by atoms with van der Waals surface area (Å²) >= 11 is 0. The van der Waals surface area contributed by atoms with Gasteiger partial charge in [0.2, 0.25) is 5.75 Å². The van der Waals surface area contributed by atoms with E-state index in [2.05, 4.69) is 0 Å². The third-order valence-corrected chi connectivity index (χ3v) is 6.15. The Balaban J connectivity index is 2.42. The van der Waals surface area contributed by atoms with Crippen LogP contribution in [0.3, 0.4) is 0 Å². The lowest BCUT2D eigenvalue weighted by atomic mass is 10.1. The van der Waals surface area contributed by atoms with Gasteiger partial charge in [0, 0.05) is 19.3 Å². The highest BCUT2D eigenvalue weighted by Gasteiger charge is 2.25. The maximum atomic E-state index is 13.0. The van der Waals surface area contributed by atoms with Gasteiger partial charge >= 0.3 is 23.9 Å². The van der Waals surface area contributed by atoms with Gasteiger partial charge in [0.1, 0.15) is 12.4 Å². The van der Waals surface area contributed by atoms with Crippen molar-refractivity contribution in [1.29, 1.82) is 0 Å². The number of carbonyl (C=O) groups excluding carboxylic acids is 4. The van der Waals surface area contributed by atoms with Crippen LogP contribution in [0.25, 0.3) is 0 Å². The van der Waals surface area contributed by atoms with Crippen LogP contribution < -0.4 is 14.2 Å². The van der Waals surface area contributed by atoms with Crippen molar-refractivity contribution in [2.24, 2.45) is 0 Å². The highest BCUT2D eigenvalue weighted by Crippen LogP contribution is 2.40. The third-order valence-electron chi connectivity index (χ3n) is 6.15. The zero-order chi connectivity index (χ0) is 30.0. The topological polar surface area (TPSA) is 125 Å². The summed E-state index contributed by atoms with van der Waals surface area (Å²) in [7, 11) is 0. The first-order valence-electron chi connectivity index (χ1n) is 14.5. The molecule has 0 fully saturated rings. The van der Waals surface area contributed by atoms with Gasteiger partial charge in [0.05, 0.1) is 5.56 Å². The zero-order valence-electron chi connectivity index (χ0n) is 24.4. The van der Waals surface area contributed by atoms with Crippen molar-refractivity contribution in [2.75, 3.05) is 0 Å². The fourth-order valence-corrected chi connectivity index (χ4v) is 3.90. The quantitative estimate of drug-likeness (QED) is 0.112. The minimum absolute atomic E-state index is 0.0261. The second-order valence-electron chi connectivity index (χ2n) is 9.84. The average molecular weight is 571 g/mol. The molecular formula is C32H42O9. The van der Waals surface area contributed by atoms with E-state index in [1.165, 1.54) is 24.3 Å². The van der Waals surface area contributed by atoms with Crippen LogP contribution in [0.2, 0.25) is 0 Å². The lowest BCUT2D eigenvalue weighted by Crippen LogP contribution is -2.16. The van der Waals surface area contributed by atoms with Crippen molar-refractivity contribution in [3.8, 4) is 23.0 Å². The highest BCUT2D eigenvalue weighted by atomic mass is 16.6. The summed E-state index contributed by atoms with van der Waals surface area (Å²) in [5.74, 6) is -3.15. The van der Waals surface area contributed by atoms with E-state index in [-0.39, 0.29) is 54.4 Å². The number of phenolic OH excluding ortho intramolecular Hbond substituents is 1. The van der Waals surface area contributed by atoms with Crippen LogP contribution in [0.1, 0.15) is 114 Å². The van der Waals surface area contributed by atoms with Gasteiger partial charge in [0.25, 0.3) is 0 Å². The normalized spacial score (nSPS) is 10.6. The Bertz CT molecular complexity index is 1110. The molecule has 0 saturated heterocycles. The summed E-state index contributed by atoms with van der Waals surface area (Å²) in [6, 6.07) is 8.74. The van der Waals surface area contributed by atoms with E-state index in [1.54, 1.807) is 12.1 Å². The van der Waals surface area contributed by atoms with E-state index in [0.29, 0.717) is 24.8 Å². The molecule has 0 saturated carbocycles. The minimum Gasteiger partial charge on any atom is -0.508 e. The van der Waals surface area contributed by atoms with E-state index in [0.717, 1.165) is 38.5 Å². The molecular weight excluding hydrogens is 528 g/mol. The van der Waals surface area contributed by atoms with Gasteiger partial charge in [-0.25, -0.2) is 4.79 Å². The molecule has 0 aromatic heterocycles. The number of rotatable bonds is 18. The molecule has 0 amide bonds. The van der Waals surface area contributed by atoms with Gasteiger partial charge in [-0.2, -0.15) is 0 Å². The monoisotopic (exact) mass is 570 g/mol. The van der Waals surface area contributed by atoms with E-state index in [9.17, 15) is 24.3 Å². The van der Waals surface area contributed by atoms with Gasteiger partial charge in [-0.05, 0) is 49.1 Å². The van der Waals surface area contributed by atoms with Gasteiger partial charge in [-0.15, -0.1) is 0 Å². The molecule has 0 heterocycles. The first kappa shape index (κ1) is 33.3. The number of hydrogen-bond donors (Lipinski definition) is 1. The van der Waals surface area contributed by atoms with Crippen molar-refractivity contribution in [1.82, 2.24) is 0 Å². The van der Waals surface area contributed by atoms with E-state index in [4.69, 9.17) is 18.9 Å². The Morgan fingerprint density at radius 3 is 1.61 bits per heavy atom. The van der Waals surface area contributed by atoms with Crippen molar-refractivity contribution in [3.63, 3.8) is 0 Å². The standard InChI is InChI=1S/C32H42O9/c1-4-7-10-16-28(34)39-26-20-24(32(37)38-22-23-14-13-15-25(33)19-23)21-27(40-29(35)17-11-8-5-2)31(26)41-30(36)18-12-9-6-3/h13-15,19-21,33H,4-12,16-18,22H2,1-3H3. The Kier molecular flexibility index (Phi) is 15.0. The largest absolute Gasteiger partial charge is 0.508 e. The number of ether oxygens (including phenoxy) is 4. The Labute approximate surface area is 242 Å². The summed E-state index contributed by atoms with van der Waals surface area (Å²) < 4.78 is 22.1. The van der Waals surface area contributed by atoms with E-state index < -0.39 is 23.9 Å². The number of unbranched alkanes of at least 4 members (excludes halogenated alkanes) is 6. The molecule has 0 bridgehead atoms. The third kappa shape index (κ3) is 12.4. The van der Waals surface area contributed by atoms with Crippen LogP contribution >= 0.6 is 0 Å². The Hall–Kier alpha value is -3.88. The second-order valence-corrected chi connectivity index (χ2v) is 9.84. The smallest absolute Gasteiger partial charge is 0.338 e. The molecule has 2 rings (SSSR count). The van der Waals surface area contributed by atoms with E-state index in [1.807, 2.05) is 20.8 Å².